The Bertz CT molecular complexity index is 1030. The highest BCUT2D eigenvalue weighted by molar-refractivity contribution is 6.30. The summed E-state index contributed by atoms with van der Waals surface area (Å²) >= 11 is 5.81. The molecule has 2 aromatic heterocycles. The molecule has 0 saturated carbocycles. The van der Waals surface area contributed by atoms with Gasteiger partial charge in [0, 0.05) is 33.9 Å². The van der Waals surface area contributed by atoms with E-state index in [1.807, 2.05) is 6.92 Å². The predicted octanol–water partition coefficient (Wildman–Crippen LogP) is 4.32. The van der Waals surface area contributed by atoms with Crippen LogP contribution in [0.25, 0.3) is 5.69 Å². The van der Waals surface area contributed by atoms with Crippen molar-refractivity contribution in [3.63, 3.8) is 0 Å². The van der Waals surface area contributed by atoms with Gasteiger partial charge in [0.15, 0.2) is 6.61 Å². The summed E-state index contributed by atoms with van der Waals surface area (Å²) in [6.45, 7) is 3.14. The van der Waals surface area contributed by atoms with E-state index in [0.29, 0.717) is 22.0 Å². The molecule has 0 aliphatic rings. The van der Waals surface area contributed by atoms with Crippen LogP contribution in [0.5, 0.6) is 0 Å². The monoisotopic (exact) mass is 386 g/mol. The van der Waals surface area contributed by atoms with Crippen molar-refractivity contribution in [1.82, 2.24) is 9.55 Å². The molecule has 3 rings (SSSR count). The lowest BCUT2D eigenvalue weighted by molar-refractivity contribution is 0.0468. The first-order valence-electron chi connectivity index (χ1n) is 8.13. The van der Waals surface area contributed by atoms with Gasteiger partial charge < -0.3 is 9.30 Å². The van der Waals surface area contributed by atoms with Crippen molar-refractivity contribution in [2.75, 3.05) is 6.61 Å². The van der Waals surface area contributed by atoms with E-state index < -0.39 is 12.6 Å². The fraction of sp³-hybridized carbons (Fsp3) is 0.150. The maximum Gasteiger partial charge on any atom is 0.357 e. The Morgan fingerprint density at radius 2 is 1.96 bits per heavy atom. The van der Waals surface area contributed by atoms with E-state index in [2.05, 4.69) is 4.98 Å². The summed E-state index contributed by atoms with van der Waals surface area (Å²) in [5.41, 5.74) is 2.46. The van der Waals surface area contributed by atoms with Crippen LogP contribution in [-0.2, 0) is 4.74 Å². The number of carbonyl (C=O) groups is 2. The molecule has 138 valence electrons. The van der Waals surface area contributed by atoms with Crippen LogP contribution in [0.4, 0.5) is 4.39 Å². The fourth-order valence-corrected chi connectivity index (χ4v) is 3.02. The summed E-state index contributed by atoms with van der Waals surface area (Å²) in [5.74, 6) is -1.46. The van der Waals surface area contributed by atoms with Crippen LogP contribution in [-0.4, -0.2) is 27.9 Å². The zero-order valence-corrected chi connectivity index (χ0v) is 15.5. The molecule has 0 N–H and O–H groups in total. The number of Topliss-reactive ketones (excluding diaryl/α,β-unsaturated/α-hetero) is 1. The molecule has 27 heavy (non-hydrogen) atoms. The molecule has 5 nitrogen and oxygen atoms in total. The number of ketones is 1. The molecule has 0 saturated heterocycles. The molecule has 0 fully saturated rings. The highest BCUT2D eigenvalue weighted by atomic mass is 35.5. The van der Waals surface area contributed by atoms with Gasteiger partial charge in [-0.05, 0) is 50.2 Å². The number of benzene rings is 1. The van der Waals surface area contributed by atoms with Gasteiger partial charge in [-0.2, -0.15) is 0 Å². The second kappa shape index (κ2) is 7.72. The van der Waals surface area contributed by atoms with Crippen LogP contribution in [0.15, 0.2) is 48.7 Å². The van der Waals surface area contributed by atoms with E-state index >= 15 is 0 Å². The van der Waals surface area contributed by atoms with Crippen LogP contribution in [0.2, 0.25) is 5.02 Å². The number of nitrogens with zero attached hydrogens (tertiary/aromatic N) is 2. The molecule has 0 spiro atoms. The van der Waals surface area contributed by atoms with E-state index in [4.69, 9.17) is 16.3 Å². The van der Waals surface area contributed by atoms with E-state index in [1.165, 1.54) is 30.5 Å². The lowest BCUT2D eigenvalue weighted by atomic mass is 10.1. The Hall–Kier alpha value is -2.99. The van der Waals surface area contributed by atoms with Crippen molar-refractivity contribution in [2.24, 2.45) is 0 Å². The van der Waals surface area contributed by atoms with Crippen molar-refractivity contribution in [3.8, 4) is 5.69 Å². The Morgan fingerprint density at radius 1 is 1.19 bits per heavy atom. The zero-order valence-electron chi connectivity index (χ0n) is 14.7. The maximum atomic E-state index is 13.5. The molecular weight excluding hydrogens is 371 g/mol. The van der Waals surface area contributed by atoms with Crippen molar-refractivity contribution >= 4 is 23.4 Å². The highest BCUT2D eigenvalue weighted by Gasteiger charge is 2.19. The van der Waals surface area contributed by atoms with Crippen LogP contribution >= 0.6 is 11.6 Å². The minimum absolute atomic E-state index is 0.0283. The third-order valence-corrected chi connectivity index (χ3v) is 4.30. The number of hydrogen-bond acceptors (Lipinski definition) is 4. The minimum atomic E-state index is -0.732. The molecule has 0 unspecified atom stereocenters. The Kier molecular flexibility index (Phi) is 5.37. The number of aryl methyl sites for hydroxylation is 1. The number of carbonyl (C=O) groups excluding carboxylic acids is 2. The van der Waals surface area contributed by atoms with Crippen LogP contribution < -0.4 is 0 Å². The number of halogens is 2. The van der Waals surface area contributed by atoms with Crippen LogP contribution in [0, 0.1) is 19.7 Å². The average molecular weight is 387 g/mol. The summed E-state index contributed by atoms with van der Waals surface area (Å²) < 4.78 is 20.4. The number of ether oxygens (including phenoxy) is 1. The molecule has 1 aromatic carbocycles. The molecular formula is C20H16ClFN2O3. The highest BCUT2D eigenvalue weighted by Crippen LogP contribution is 2.22. The third kappa shape index (κ3) is 4.06. The standard InChI is InChI=1S/C20H16ClFN2O3/c1-12-8-17(13(2)24(12)16-5-3-4-15(22)10-16)19(25)11-27-20(26)18-9-14(21)6-7-23-18/h3-10H,11H2,1-2H3. The zero-order chi connectivity index (χ0) is 19.6. The predicted molar refractivity (Wildman–Crippen MR) is 99.1 cm³/mol. The van der Waals surface area contributed by atoms with Crippen molar-refractivity contribution in [3.05, 3.63) is 82.1 Å². The molecule has 0 bridgehead atoms. The normalized spacial score (nSPS) is 10.7. The quantitative estimate of drug-likeness (QED) is 0.484. The second-order valence-electron chi connectivity index (χ2n) is 5.96. The van der Waals surface area contributed by atoms with Gasteiger partial charge in [-0.15, -0.1) is 0 Å². The van der Waals surface area contributed by atoms with Gasteiger partial charge in [0.25, 0.3) is 0 Å². The number of esters is 1. The summed E-state index contributed by atoms with van der Waals surface area (Å²) in [4.78, 5) is 28.4. The Labute approximate surface area is 160 Å². The fourth-order valence-electron chi connectivity index (χ4n) is 2.86. The largest absolute Gasteiger partial charge is 0.453 e. The topological polar surface area (TPSA) is 61.2 Å². The molecule has 0 atom stereocenters. The van der Waals surface area contributed by atoms with Gasteiger partial charge in [0.2, 0.25) is 5.78 Å². The van der Waals surface area contributed by atoms with Gasteiger partial charge in [-0.1, -0.05) is 17.7 Å². The van der Waals surface area contributed by atoms with E-state index in [-0.39, 0.29) is 17.3 Å². The lowest BCUT2D eigenvalue weighted by Gasteiger charge is -2.10. The van der Waals surface area contributed by atoms with Gasteiger partial charge in [0.1, 0.15) is 11.5 Å². The van der Waals surface area contributed by atoms with Crippen molar-refractivity contribution < 1.29 is 18.7 Å². The third-order valence-electron chi connectivity index (χ3n) is 4.06. The van der Waals surface area contributed by atoms with Gasteiger partial charge in [-0.3, -0.25) is 4.79 Å². The van der Waals surface area contributed by atoms with Crippen molar-refractivity contribution in [2.45, 2.75) is 13.8 Å². The molecule has 0 aliphatic heterocycles. The molecule has 2 heterocycles. The second-order valence-corrected chi connectivity index (χ2v) is 6.40. The van der Waals surface area contributed by atoms with Gasteiger partial charge in [-0.25, -0.2) is 14.2 Å². The maximum absolute atomic E-state index is 13.5. The van der Waals surface area contributed by atoms with E-state index in [9.17, 15) is 14.0 Å². The lowest BCUT2D eigenvalue weighted by Crippen LogP contribution is -2.15. The molecule has 0 radical (unpaired) electrons. The summed E-state index contributed by atoms with van der Waals surface area (Å²) in [7, 11) is 0. The number of rotatable bonds is 5. The molecule has 3 aromatic rings. The SMILES string of the molecule is Cc1cc(C(=O)COC(=O)c2cc(Cl)ccn2)c(C)n1-c1cccc(F)c1. The van der Waals surface area contributed by atoms with Gasteiger partial charge >= 0.3 is 5.97 Å². The van der Waals surface area contributed by atoms with E-state index in [1.54, 1.807) is 29.7 Å². The van der Waals surface area contributed by atoms with Gasteiger partial charge in [0.05, 0.1) is 0 Å². The molecule has 7 heteroatoms. The van der Waals surface area contributed by atoms with Crippen LogP contribution in [0.3, 0.4) is 0 Å². The molecule has 0 aliphatic carbocycles. The van der Waals surface area contributed by atoms with Crippen molar-refractivity contribution in [1.29, 1.82) is 0 Å². The molecule has 0 amide bonds. The summed E-state index contributed by atoms with van der Waals surface area (Å²) in [6, 6.07) is 10.7. The number of pyridine rings is 1. The smallest absolute Gasteiger partial charge is 0.357 e. The Morgan fingerprint density at radius 3 is 2.67 bits per heavy atom. The summed E-state index contributed by atoms with van der Waals surface area (Å²) in [6.07, 6.45) is 1.38. The number of hydrogen-bond donors (Lipinski definition) is 0. The van der Waals surface area contributed by atoms with Crippen LogP contribution in [0.1, 0.15) is 32.2 Å². The average Bonchev–Trinajstić information content (AvgIpc) is 2.93. The Balaban J connectivity index is 1.78. The first kappa shape index (κ1) is 18.8. The number of aromatic nitrogens is 2. The van der Waals surface area contributed by atoms with E-state index in [0.717, 1.165) is 5.69 Å². The summed E-state index contributed by atoms with van der Waals surface area (Å²) in [5, 5.41) is 0.349. The first-order chi connectivity index (χ1) is 12.9. The minimum Gasteiger partial charge on any atom is -0.453 e. The first-order valence-corrected chi connectivity index (χ1v) is 8.51.